The van der Waals surface area contributed by atoms with E-state index in [1.807, 2.05) is 0 Å². The Labute approximate surface area is 177 Å². The van der Waals surface area contributed by atoms with Gasteiger partial charge >= 0.3 is 0 Å². The predicted molar refractivity (Wildman–Crippen MR) is 121 cm³/mol. The van der Waals surface area contributed by atoms with E-state index in [1.165, 1.54) is 30.4 Å². The lowest BCUT2D eigenvalue weighted by Crippen LogP contribution is -2.32. The van der Waals surface area contributed by atoms with Crippen LogP contribution in [0.2, 0.25) is 0 Å². The predicted octanol–water partition coefficient (Wildman–Crippen LogP) is 5.88. The van der Waals surface area contributed by atoms with Gasteiger partial charge in [0.2, 0.25) is 0 Å². The van der Waals surface area contributed by atoms with Gasteiger partial charge in [0.1, 0.15) is 5.60 Å². The van der Waals surface area contributed by atoms with Crippen molar-refractivity contribution in [2.45, 2.75) is 90.8 Å². The van der Waals surface area contributed by atoms with Crippen LogP contribution in [-0.4, -0.2) is 21.9 Å². The van der Waals surface area contributed by atoms with Gasteiger partial charge in [0.15, 0.2) is 0 Å². The summed E-state index contributed by atoms with van der Waals surface area (Å²) in [6, 6.07) is 0. The summed E-state index contributed by atoms with van der Waals surface area (Å²) in [5.74, 6) is 7.17. The summed E-state index contributed by atoms with van der Waals surface area (Å²) in [4.78, 5) is 0. The summed E-state index contributed by atoms with van der Waals surface area (Å²) in [5, 5.41) is 19.9. The Kier molecular flexibility index (Phi) is 6.61. The molecule has 2 nitrogen and oxygen atoms in total. The monoisotopic (exact) mass is 394 g/mol. The highest BCUT2D eigenvalue weighted by atomic mass is 16.3. The summed E-state index contributed by atoms with van der Waals surface area (Å²) in [7, 11) is 0. The van der Waals surface area contributed by atoms with Gasteiger partial charge in [-0.1, -0.05) is 67.2 Å². The zero-order valence-corrected chi connectivity index (χ0v) is 18.7. The molecule has 0 heterocycles. The molecule has 29 heavy (non-hydrogen) atoms. The van der Waals surface area contributed by atoms with E-state index in [2.05, 4.69) is 50.5 Å². The number of allylic oxidation sites excluding steroid dienone is 6. The van der Waals surface area contributed by atoms with Crippen LogP contribution in [-0.2, 0) is 0 Å². The second kappa shape index (κ2) is 8.66. The van der Waals surface area contributed by atoms with Crippen LogP contribution < -0.4 is 0 Å². The Morgan fingerprint density at radius 2 is 2.10 bits per heavy atom. The Hall–Kier alpha value is -1.56. The lowest BCUT2D eigenvalue weighted by molar-refractivity contribution is 0.143. The molecule has 0 radical (unpaired) electrons. The van der Waals surface area contributed by atoms with Crippen LogP contribution in [0, 0.1) is 29.1 Å². The van der Waals surface area contributed by atoms with Crippen molar-refractivity contribution < 1.29 is 10.2 Å². The Morgan fingerprint density at radius 1 is 1.34 bits per heavy atom. The van der Waals surface area contributed by atoms with Crippen LogP contribution in [0.5, 0.6) is 0 Å². The summed E-state index contributed by atoms with van der Waals surface area (Å²) < 4.78 is 0. The third kappa shape index (κ3) is 5.14. The van der Waals surface area contributed by atoms with Gasteiger partial charge in [-0.25, -0.2) is 0 Å². The Morgan fingerprint density at radius 3 is 2.83 bits per heavy atom. The van der Waals surface area contributed by atoms with Gasteiger partial charge in [0, 0.05) is 6.42 Å². The second-order valence-electron chi connectivity index (χ2n) is 10.1. The maximum Gasteiger partial charge on any atom is 0.119 e. The average molecular weight is 395 g/mol. The topological polar surface area (TPSA) is 40.5 Å². The second-order valence-corrected chi connectivity index (χ2v) is 10.1. The maximum absolute atomic E-state index is 10.0. The fourth-order valence-corrected chi connectivity index (χ4v) is 5.54. The van der Waals surface area contributed by atoms with E-state index in [1.54, 1.807) is 25.0 Å². The summed E-state index contributed by atoms with van der Waals surface area (Å²) >= 11 is 0. The minimum Gasteiger partial charge on any atom is -0.393 e. The summed E-state index contributed by atoms with van der Waals surface area (Å²) in [6.45, 7) is 12.4. The van der Waals surface area contributed by atoms with Crippen LogP contribution in [0.1, 0.15) is 79.1 Å². The van der Waals surface area contributed by atoms with Crippen molar-refractivity contribution in [1.29, 1.82) is 0 Å². The SMILES string of the molecule is C=C1CC[C@H](O)C/C1=C/C=C1\CCC[C@]2(C)C([C@H](C)CC#CC(C)(C)O)=CC[C@@H]12. The molecule has 3 rings (SSSR count). The summed E-state index contributed by atoms with van der Waals surface area (Å²) in [6.07, 6.45) is 14.9. The lowest BCUT2D eigenvalue weighted by atomic mass is 9.62. The van der Waals surface area contributed by atoms with E-state index in [-0.39, 0.29) is 11.5 Å². The normalized spacial score (nSPS) is 33.9. The van der Waals surface area contributed by atoms with Crippen molar-refractivity contribution in [2.75, 3.05) is 0 Å². The molecule has 4 atom stereocenters. The maximum atomic E-state index is 10.0. The third-order valence-electron chi connectivity index (χ3n) is 7.13. The van der Waals surface area contributed by atoms with E-state index in [0.29, 0.717) is 11.8 Å². The molecule has 2 heteroatoms. The molecule has 0 aromatic heterocycles. The Balaban J connectivity index is 1.75. The van der Waals surface area contributed by atoms with Gasteiger partial charge in [-0.2, -0.15) is 0 Å². The highest BCUT2D eigenvalue weighted by Gasteiger charge is 2.45. The first-order valence-corrected chi connectivity index (χ1v) is 11.3. The molecule has 158 valence electrons. The fourth-order valence-electron chi connectivity index (χ4n) is 5.54. The average Bonchev–Trinajstić information content (AvgIpc) is 2.99. The molecule has 2 fully saturated rings. The van der Waals surface area contributed by atoms with Gasteiger partial charge < -0.3 is 10.2 Å². The molecule has 2 N–H and O–H groups in total. The molecule has 0 spiro atoms. The fraction of sp³-hybridized carbons (Fsp3) is 0.630. The lowest BCUT2D eigenvalue weighted by Gasteiger charge is -2.42. The molecule has 0 aliphatic heterocycles. The standard InChI is InChI=1S/C27H38O2/c1-19-10-13-23(28)18-22(19)12-11-21-9-7-17-27(5)24(14-15-25(21)27)20(2)8-6-16-26(3,4)29/h11-12,14,20,23,25,28-29H,1,7-10,13,15,17-18H2,2-5H3/b21-11+,22-12-/t20-,23+,25+,27-/m1/s1. The number of fused-ring (bicyclic) bond motifs is 1. The first-order chi connectivity index (χ1) is 13.6. The summed E-state index contributed by atoms with van der Waals surface area (Å²) in [5.41, 5.74) is 4.84. The van der Waals surface area contributed by atoms with E-state index < -0.39 is 5.60 Å². The molecule has 0 bridgehead atoms. The minimum atomic E-state index is -0.916. The molecular weight excluding hydrogens is 356 g/mol. The molecule has 0 saturated heterocycles. The van der Waals surface area contributed by atoms with Gasteiger partial charge in [-0.15, -0.1) is 0 Å². The van der Waals surface area contributed by atoms with E-state index in [9.17, 15) is 10.2 Å². The van der Waals surface area contributed by atoms with Gasteiger partial charge in [-0.3, -0.25) is 0 Å². The van der Waals surface area contributed by atoms with Crippen molar-refractivity contribution in [1.82, 2.24) is 0 Å². The molecule has 3 aliphatic carbocycles. The zero-order chi connectivity index (χ0) is 21.2. The molecule has 3 aliphatic rings. The highest BCUT2D eigenvalue weighted by molar-refractivity contribution is 5.38. The molecule has 0 amide bonds. The number of hydrogen-bond acceptors (Lipinski definition) is 2. The van der Waals surface area contributed by atoms with Crippen LogP contribution in [0.4, 0.5) is 0 Å². The number of hydrogen-bond donors (Lipinski definition) is 2. The number of aliphatic hydroxyl groups excluding tert-OH is 1. The Bertz CT molecular complexity index is 793. The van der Waals surface area contributed by atoms with Gasteiger partial charge in [-0.05, 0) is 81.6 Å². The largest absolute Gasteiger partial charge is 0.393 e. The first-order valence-electron chi connectivity index (χ1n) is 11.3. The molecule has 2 saturated carbocycles. The van der Waals surface area contributed by atoms with Gasteiger partial charge in [0.05, 0.1) is 6.10 Å². The van der Waals surface area contributed by atoms with Crippen LogP contribution in [0.25, 0.3) is 0 Å². The van der Waals surface area contributed by atoms with E-state index in [4.69, 9.17) is 0 Å². The van der Waals surface area contributed by atoms with Crippen LogP contribution >= 0.6 is 0 Å². The van der Waals surface area contributed by atoms with Crippen LogP contribution in [0.15, 0.2) is 47.1 Å². The molecular formula is C27H38O2. The highest BCUT2D eigenvalue weighted by Crippen LogP contribution is 2.56. The van der Waals surface area contributed by atoms with Crippen molar-refractivity contribution >= 4 is 0 Å². The number of rotatable bonds is 3. The van der Waals surface area contributed by atoms with E-state index >= 15 is 0 Å². The first kappa shape index (κ1) is 22.1. The van der Waals surface area contributed by atoms with E-state index in [0.717, 1.165) is 32.1 Å². The third-order valence-corrected chi connectivity index (χ3v) is 7.13. The molecule has 0 unspecified atom stereocenters. The molecule has 0 aromatic rings. The quantitative estimate of drug-likeness (QED) is 0.464. The van der Waals surface area contributed by atoms with Crippen molar-refractivity contribution in [3.8, 4) is 11.8 Å². The van der Waals surface area contributed by atoms with Crippen molar-refractivity contribution in [2.24, 2.45) is 17.3 Å². The number of aliphatic hydroxyl groups is 2. The molecule has 0 aromatic carbocycles. The smallest absolute Gasteiger partial charge is 0.119 e. The minimum absolute atomic E-state index is 0.215. The van der Waals surface area contributed by atoms with Crippen molar-refractivity contribution in [3.63, 3.8) is 0 Å². The zero-order valence-electron chi connectivity index (χ0n) is 18.7. The van der Waals surface area contributed by atoms with Gasteiger partial charge in [0.25, 0.3) is 0 Å². The van der Waals surface area contributed by atoms with Crippen molar-refractivity contribution in [3.05, 3.63) is 47.1 Å². The van der Waals surface area contributed by atoms with Crippen LogP contribution in [0.3, 0.4) is 0 Å².